The largest absolute Gasteiger partial charge is 0.321 e. The van der Waals surface area contributed by atoms with E-state index in [0.29, 0.717) is 5.82 Å². The van der Waals surface area contributed by atoms with Gasteiger partial charge >= 0.3 is 0 Å². The van der Waals surface area contributed by atoms with Crippen LogP contribution in [0.1, 0.15) is 31.9 Å². The number of nitrogens with one attached hydrogen (secondary N) is 2. The van der Waals surface area contributed by atoms with Crippen molar-refractivity contribution >= 4 is 23.7 Å². The van der Waals surface area contributed by atoms with E-state index in [0.717, 1.165) is 11.1 Å². The van der Waals surface area contributed by atoms with Crippen molar-refractivity contribution in [2.75, 3.05) is 5.32 Å². The third-order valence-corrected chi connectivity index (χ3v) is 3.53. The van der Waals surface area contributed by atoms with Gasteiger partial charge in [-0.25, -0.2) is 4.98 Å². The van der Waals surface area contributed by atoms with Gasteiger partial charge in [0.05, 0.1) is 0 Å². The summed E-state index contributed by atoms with van der Waals surface area (Å²) in [5.41, 5.74) is 1.23. The minimum absolute atomic E-state index is 0.177. The summed E-state index contributed by atoms with van der Waals surface area (Å²) < 4.78 is 0. The van der Waals surface area contributed by atoms with Crippen LogP contribution in [-0.2, 0) is 9.59 Å². The summed E-state index contributed by atoms with van der Waals surface area (Å²) >= 11 is 0. The molecule has 0 saturated heterocycles. The molecule has 5 heteroatoms. The van der Waals surface area contributed by atoms with Gasteiger partial charge in [0.1, 0.15) is 11.5 Å². The van der Waals surface area contributed by atoms with E-state index in [1.54, 1.807) is 39.1 Å². The lowest BCUT2D eigenvalue weighted by Crippen LogP contribution is -2.38. The number of aryl methyl sites for hydroxylation is 1. The molecule has 0 radical (unpaired) electrons. The Hall–Kier alpha value is -2.95. The van der Waals surface area contributed by atoms with Crippen LogP contribution in [0.15, 0.2) is 54.4 Å². The SMILES string of the molecule is Cc1cccnc1NC(=O)/C(=C\c1ccccc1)NC(=O)C(C)(C)C. The average molecular weight is 337 g/mol. The van der Waals surface area contributed by atoms with Gasteiger partial charge in [0, 0.05) is 11.6 Å². The van der Waals surface area contributed by atoms with E-state index in [-0.39, 0.29) is 11.6 Å². The molecule has 130 valence electrons. The van der Waals surface area contributed by atoms with Crippen LogP contribution in [0.25, 0.3) is 6.08 Å². The molecule has 0 aliphatic carbocycles. The number of hydrogen-bond acceptors (Lipinski definition) is 3. The number of benzene rings is 1. The highest BCUT2D eigenvalue weighted by molar-refractivity contribution is 6.08. The number of hydrogen-bond donors (Lipinski definition) is 2. The lowest BCUT2D eigenvalue weighted by Gasteiger charge is -2.19. The molecule has 0 fully saturated rings. The fourth-order valence-electron chi connectivity index (χ4n) is 1.98. The summed E-state index contributed by atoms with van der Waals surface area (Å²) in [5.74, 6) is -0.178. The minimum atomic E-state index is -0.614. The molecule has 1 aromatic heterocycles. The lowest BCUT2D eigenvalue weighted by molar-refractivity contribution is -0.128. The number of carbonyl (C=O) groups is 2. The van der Waals surface area contributed by atoms with Crippen molar-refractivity contribution in [2.45, 2.75) is 27.7 Å². The van der Waals surface area contributed by atoms with E-state index in [9.17, 15) is 9.59 Å². The normalized spacial score (nSPS) is 11.8. The maximum absolute atomic E-state index is 12.7. The molecular formula is C20H23N3O2. The van der Waals surface area contributed by atoms with Gasteiger partial charge in [0.25, 0.3) is 5.91 Å². The Morgan fingerprint density at radius 2 is 1.72 bits per heavy atom. The Morgan fingerprint density at radius 3 is 2.32 bits per heavy atom. The molecule has 1 aromatic carbocycles. The van der Waals surface area contributed by atoms with Crippen molar-refractivity contribution in [3.05, 3.63) is 65.5 Å². The van der Waals surface area contributed by atoms with Crippen LogP contribution in [0.4, 0.5) is 5.82 Å². The predicted octanol–water partition coefficient (Wildman–Crippen LogP) is 3.53. The molecule has 0 saturated carbocycles. The summed E-state index contributed by atoms with van der Waals surface area (Å²) in [6.45, 7) is 7.24. The Bertz CT molecular complexity index is 790. The second-order valence-electron chi connectivity index (χ2n) is 6.80. The van der Waals surface area contributed by atoms with E-state index >= 15 is 0 Å². The van der Waals surface area contributed by atoms with E-state index < -0.39 is 11.3 Å². The first kappa shape index (κ1) is 18.4. The highest BCUT2D eigenvalue weighted by Gasteiger charge is 2.24. The van der Waals surface area contributed by atoms with Crippen molar-refractivity contribution in [1.29, 1.82) is 0 Å². The molecule has 0 aliphatic heterocycles. The Morgan fingerprint density at radius 1 is 1.04 bits per heavy atom. The van der Waals surface area contributed by atoms with Crippen molar-refractivity contribution in [2.24, 2.45) is 5.41 Å². The minimum Gasteiger partial charge on any atom is -0.321 e. The molecule has 0 spiro atoms. The molecule has 2 rings (SSSR count). The van der Waals surface area contributed by atoms with Gasteiger partial charge < -0.3 is 10.6 Å². The van der Waals surface area contributed by atoms with Gasteiger partial charge in [0.15, 0.2) is 0 Å². The second-order valence-corrected chi connectivity index (χ2v) is 6.80. The maximum atomic E-state index is 12.7. The molecule has 0 unspecified atom stereocenters. The summed E-state index contributed by atoms with van der Waals surface area (Å²) in [4.78, 5) is 29.2. The van der Waals surface area contributed by atoms with E-state index in [2.05, 4.69) is 15.6 Å². The lowest BCUT2D eigenvalue weighted by atomic mass is 9.95. The molecule has 1 heterocycles. The topological polar surface area (TPSA) is 71.1 Å². The number of amides is 2. The van der Waals surface area contributed by atoms with Gasteiger partial charge in [0.2, 0.25) is 5.91 Å². The summed E-state index contributed by atoms with van der Waals surface area (Å²) in [7, 11) is 0. The molecule has 5 nitrogen and oxygen atoms in total. The van der Waals surface area contributed by atoms with Crippen molar-refractivity contribution in [1.82, 2.24) is 10.3 Å². The van der Waals surface area contributed by atoms with Crippen LogP contribution < -0.4 is 10.6 Å². The number of pyridine rings is 1. The zero-order chi connectivity index (χ0) is 18.4. The highest BCUT2D eigenvalue weighted by Crippen LogP contribution is 2.16. The summed E-state index contributed by atoms with van der Waals surface area (Å²) in [6.07, 6.45) is 3.26. The predicted molar refractivity (Wildman–Crippen MR) is 99.6 cm³/mol. The van der Waals surface area contributed by atoms with Crippen molar-refractivity contribution in [3.63, 3.8) is 0 Å². The molecule has 2 aromatic rings. The van der Waals surface area contributed by atoms with Gasteiger partial charge in [-0.2, -0.15) is 0 Å². The Labute approximate surface area is 148 Å². The number of anilines is 1. The molecule has 0 bridgehead atoms. The third kappa shape index (κ3) is 5.28. The van der Waals surface area contributed by atoms with Crippen LogP contribution in [0, 0.1) is 12.3 Å². The number of carbonyl (C=O) groups excluding carboxylic acids is 2. The van der Waals surface area contributed by atoms with E-state index in [1.807, 2.05) is 43.3 Å². The first-order valence-corrected chi connectivity index (χ1v) is 8.08. The quantitative estimate of drug-likeness (QED) is 0.839. The van der Waals surface area contributed by atoms with Crippen LogP contribution in [-0.4, -0.2) is 16.8 Å². The molecule has 2 N–H and O–H groups in total. The zero-order valence-corrected chi connectivity index (χ0v) is 15.0. The average Bonchev–Trinajstić information content (AvgIpc) is 2.56. The first-order chi connectivity index (χ1) is 11.8. The first-order valence-electron chi connectivity index (χ1n) is 8.08. The van der Waals surface area contributed by atoms with Gasteiger partial charge in [-0.3, -0.25) is 9.59 Å². The zero-order valence-electron chi connectivity index (χ0n) is 15.0. The maximum Gasteiger partial charge on any atom is 0.273 e. The summed E-state index contributed by atoms with van der Waals surface area (Å²) in [5, 5.41) is 5.48. The fourth-order valence-corrected chi connectivity index (χ4v) is 1.98. The van der Waals surface area contributed by atoms with Crippen LogP contribution in [0.5, 0.6) is 0 Å². The van der Waals surface area contributed by atoms with Crippen LogP contribution in [0.3, 0.4) is 0 Å². The monoisotopic (exact) mass is 337 g/mol. The number of rotatable bonds is 4. The van der Waals surface area contributed by atoms with Gasteiger partial charge in [-0.05, 0) is 30.2 Å². The van der Waals surface area contributed by atoms with E-state index in [4.69, 9.17) is 0 Å². The van der Waals surface area contributed by atoms with Crippen molar-refractivity contribution < 1.29 is 9.59 Å². The third-order valence-electron chi connectivity index (χ3n) is 3.53. The number of nitrogens with zero attached hydrogens (tertiary/aromatic N) is 1. The Kier molecular flexibility index (Phi) is 5.70. The van der Waals surface area contributed by atoms with Gasteiger partial charge in [-0.15, -0.1) is 0 Å². The van der Waals surface area contributed by atoms with Crippen LogP contribution in [0.2, 0.25) is 0 Å². The molecular weight excluding hydrogens is 314 g/mol. The van der Waals surface area contributed by atoms with E-state index in [1.165, 1.54) is 0 Å². The summed E-state index contributed by atoms with van der Waals surface area (Å²) in [6, 6.07) is 13.0. The second kappa shape index (κ2) is 7.75. The van der Waals surface area contributed by atoms with Crippen molar-refractivity contribution in [3.8, 4) is 0 Å². The van der Waals surface area contributed by atoms with Crippen LogP contribution >= 0.6 is 0 Å². The fraction of sp³-hybridized carbons (Fsp3) is 0.250. The molecule has 0 atom stereocenters. The highest BCUT2D eigenvalue weighted by atomic mass is 16.2. The Balaban J connectivity index is 2.30. The van der Waals surface area contributed by atoms with Gasteiger partial charge in [-0.1, -0.05) is 57.2 Å². The number of aromatic nitrogens is 1. The molecule has 25 heavy (non-hydrogen) atoms. The molecule has 0 aliphatic rings. The smallest absolute Gasteiger partial charge is 0.273 e. The molecule has 2 amide bonds. The standard InChI is InChI=1S/C20H23N3O2/c1-14-9-8-12-21-17(14)23-18(24)16(22-19(25)20(2,3)4)13-15-10-6-5-7-11-15/h5-13H,1-4H3,(H,22,25)(H,21,23,24)/b16-13+.